The van der Waals surface area contributed by atoms with Crippen molar-refractivity contribution < 1.29 is 14.0 Å². The number of amides is 2. The maximum absolute atomic E-state index is 13.5. The number of carbonyl (C=O) groups is 2. The van der Waals surface area contributed by atoms with E-state index in [2.05, 4.69) is 11.4 Å². The van der Waals surface area contributed by atoms with Gasteiger partial charge in [0.15, 0.2) is 0 Å². The van der Waals surface area contributed by atoms with E-state index in [0.717, 1.165) is 35.4 Å². The molecule has 2 aromatic rings. The largest absolute Gasteiger partial charge is 0.356 e. The summed E-state index contributed by atoms with van der Waals surface area (Å²) in [5.74, 6) is -0.942. The molecule has 1 aliphatic carbocycles. The fourth-order valence-electron chi connectivity index (χ4n) is 4.27. The molecule has 2 atom stereocenters. The molecule has 0 spiro atoms. The summed E-state index contributed by atoms with van der Waals surface area (Å²) in [7, 11) is 0. The number of allylic oxidation sites excluding steroid dienone is 1. The Morgan fingerprint density at radius 1 is 1.19 bits per heavy atom. The zero-order valence-corrected chi connectivity index (χ0v) is 19.2. The van der Waals surface area contributed by atoms with Gasteiger partial charge in [-0.05, 0) is 61.9 Å². The molecule has 32 heavy (non-hydrogen) atoms. The summed E-state index contributed by atoms with van der Waals surface area (Å²) in [6.45, 7) is 2.78. The summed E-state index contributed by atoms with van der Waals surface area (Å²) in [4.78, 5) is 29.1. The van der Waals surface area contributed by atoms with E-state index in [1.165, 1.54) is 42.3 Å². The second-order valence-electron chi connectivity index (χ2n) is 8.49. The molecule has 1 heterocycles. The standard InChI is InChI=1S/C26H29FN2O2S/c1-18(25(30)28-16-15-19-7-3-2-4-8-19)24-26(31)29(17-20-11-13-21(27)14-12-20)22-9-5-6-10-23(22)32-24/h5-7,9-14,18,24H,2-4,8,15-17H2,1H3,(H,28,30)/t18-,24-/m0/s1. The number of thioether (sulfide) groups is 1. The van der Waals surface area contributed by atoms with Gasteiger partial charge in [-0.2, -0.15) is 0 Å². The Morgan fingerprint density at radius 3 is 2.72 bits per heavy atom. The lowest BCUT2D eigenvalue weighted by Gasteiger charge is -2.35. The minimum absolute atomic E-state index is 0.0873. The number of halogens is 1. The number of para-hydroxylation sites is 1. The summed E-state index contributed by atoms with van der Waals surface area (Å²) in [6, 6.07) is 13.9. The van der Waals surface area contributed by atoms with Crippen LogP contribution in [0.4, 0.5) is 10.1 Å². The molecular formula is C26H29FN2O2S. The van der Waals surface area contributed by atoms with Crippen LogP contribution >= 0.6 is 11.8 Å². The lowest BCUT2D eigenvalue weighted by Crippen LogP contribution is -2.47. The first-order valence-electron chi connectivity index (χ1n) is 11.3. The van der Waals surface area contributed by atoms with Gasteiger partial charge in [-0.15, -0.1) is 11.8 Å². The Labute approximate surface area is 193 Å². The van der Waals surface area contributed by atoms with Crippen molar-refractivity contribution >= 4 is 29.3 Å². The smallest absolute Gasteiger partial charge is 0.241 e. The summed E-state index contributed by atoms with van der Waals surface area (Å²) in [5.41, 5.74) is 3.10. The zero-order chi connectivity index (χ0) is 22.5. The molecule has 0 saturated carbocycles. The third-order valence-corrected chi connectivity index (χ3v) is 7.63. The molecule has 0 bridgehead atoms. The predicted molar refractivity (Wildman–Crippen MR) is 127 cm³/mol. The predicted octanol–water partition coefficient (Wildman–Crippen LogP) is 5.48. The van der Waals surface area contributed by atoms with E-state index in [9.17, 15) is 14.0 Å². The molecule has 6 heteroatoms. The Hall–Kier alpha value is -2.60. The molecule has 2 aromatic carbocycles. The van der Waals surface area contributed by atoms with Crippen LogP contribution in [0.15, 0.2) is 65.1 Å². The SMILES string of the molecule is C[C@H](C(=O)NCCC1=CCCCC1)[C@@H]1Sc2ccccc2N(Cc2ccc(F)cc2)C1=O. The molecule has 2 aliphatic rings. The Morgan fingerprint density at radius 2 is 1.97 bits per heavy atom. The number of rotatable bonds is 7. The number of fused-ring (bicyclic) bond motifs is 1. The molecule has 1 N–H and O–H groups in total. The number of nitrogens with zero attached hydrogens (tertiary/aromatic N) is 1. The third kappa shape index (κ3) is 5.23. The minimum Gasteiger partial charge on any atom is -0.356 e. The van der Waals surface area contributed by atoms with Crippen LogP contribution in [0.3, 0.4) is 0 Å². The first-order valence-corrected chi connectivity index (χ1v) is 12.2. The second-order valence-corrected chi connectivity index (χ2v) is 9.68. The van der Waals surface area contributed by atoms with Gasteiger partial charge in [0.2, 0.25) is 11.8 Å². The molecule has 4 nitrogen and oxygen atoms in total. The third-order valence-electron chi connectivity index (χ3n) is 6.17. The molecule has 4 rings (SSSR count). The van der Waals surface area contributed by atoms with Crippen molar-refractivity contribution in [1.82, 2.24) is 5.32 Å². The molecule has 0 unspecified atom stereocenters. The number of hydrogen-bond donors (Lipinski definition) is 1. The van der Waals surface area contributed by atoms with Gasteiger partial charge in [0.05, 0.1) is 18.2 Å². The van der Waals surface area contributed by atoms with Gasteiger partial charge in [0, 0.05) is 11.4 Å². The molecule has 0 radical (unpaired) electrons. The van der Waals surface area contributed by atoms with Crippen molar-refractivity contribution in [3.8, 4) is 0 Å². The van der Waals surface area contributed by atoms with E-state index in [4.69, 9.17) is 0 Å². The summed E-state index contributed by atoms with van der Waals surface area (Å²) >= 11 is 1.46. The fraction of sp³-hybridized carbons (Fsp3) is 0.385. The van der Waals surface area contributed by atoms with Crippen LogP contribution in [0.2, 0.25) is 0 Å². The van der Waals surface area contributed by atoms with Crippen molar-refractivity contribution in [2.45, 2.75) is 55.7 Å². The minimum atomic E-state index is -0.501. The zero-order valence-electron chi connectivity index (χ0n) is 18.4. The van der Waals surface area contributed by atoms with Crippen LogP contribution in [-0.4, -0.2) is 23.6 Å². The van der Waals surface area contributed by atoms with E-state index in [1.54, 1.807) is 17.0 Å². The molecule has 2 amide bonds. The second kappa shape index (κ2) is 10.3. The van der Waals surface area contributed by atoms with Crippen LogP contribution in [0.1, 0.15) is 44.6 Å². The van der Waals surface area contributed by atoms with Gasteiger partial charge in [0.25, 0.3) is 0 Å². The molecule has 168 valence electrons. The Balaban J connectivity index is 1.46. The van der Waals surface area contributed by atoms with Gasteiger partial charge in [0.1, 0.15) is 11.1 Å². The summed E-state index contributed by atoms with van der Waals surface area (Å²) in [6.07, 6.45) is 7.91. The lowest BCUT2D eigenvalue weighted by atomic mass is 9.97. The average Bonchev–Trinajstić information content (AvgIpc) is 2.82. The van der Waals surface area contributed by atoms with Crippen LogP contribution in [0, 0.1) is 11.7 Å². The van der Waals surface area contributed by atoms with Crippen molar-refractivity contribution in [2.24, 2.45) is 5.92 Å². The fourth-order valence-corrected chi connectivity index (χ4v) is 5.55. The molecular weight excluding hydrogens is 423 g/mol. The number of anilines is 1. The average molecular weight is 453 g/mol. The number of carbonyl (C=O) groups excluding carboxylic acids is 2. The van der Waals surface area contributed by atoms with Crippen molar-refractivity contribution in [1.29, 1.82) is 0 Å². The van der Waals surface area contributed by atoms with Gasteiger partial charge in [-0.3, -0.25) is 9.59 Å². The van der Waals surface area contributed by atoms with Crippen LogP contribution in [0.25, 0.3) is 0 Å². The van der Waals surface area contributed by atoms with Crippen LogP contribution in [0.5, 0.6) is 0 Å². The van der Waals surface area contributed by atoms with Gasteiger partial charge >= 0.3 is 0 Å². The number of benzene rings is 2. The maximum atomic E-state index is 13.5. The summed E-state index contributed by atoms with van der Waals surface area (Å²) in [5, 5.41) is 2.54. The number of hydrogen-bond acceptors (Lipinski definition) is 3. The number of nitrogens with one attached hydrogen (secondary N) is 1. The first-order chi connectivity index (χ1) is 15.5. The van der Waals surface area contributed by atoms with E-state index in [-0.39, 0.29) is 17.6 Å². The molecule has 0 fully saturated rings. The maximum Gasteiger partial charge on any atom is 0.241 e. The van der Waals surface area contributed by atoms with Crippen molar-refractivity contribution in [3.63, 3.8) is 0 Å². The molecule has 0 aromatic heterocycles. The normalized spacial score (nSPS) is 19.2. The molecule has 0 saturated heterocycles. The van der Waals surface area contributed by atoms with E-state index >= 15 is 0 Å². The summed E-state index contributed by atoms with van der Waals surface area (Å²) < 4.78 is 13.3. The monoisotopic (exact) mass is 452 g/mol. The lowest BCUT2D eigenvalue weighted by molar-refractivity contribution is -0.128. The highest BCUT2D eigenvalue weighted by Gasteiger charge is 2.39. The quantitative estimate of drug-likeness (QED) is 0.566. The van der Waals surface area contributed by atoms with E-state index in [1.807, 2.05) is 31.2 Å². The Kier molecular flexibility index (Phi) is 7.30. The van der Waals surface area contributed by atoms with Gasteiger partial charge in [-0.1, -0.05) is 42.8 Å². The van der Waals surface area contributed by atoms with Gasteiger partial charge < -0.3 is 10.2 Å². The highest BCUT2D eigenvalue weighted by molar-refractivity contribution is 8.01. The van der Waals surface area contributed by atoms with Crippen LogP contribution < -0.4 is 10.2 Å². The topological polar surface area (TPSA) is 49.4 Å². The van der Waals surface area contributed by atoms with Crippen LogP contribution in [-0.2, 0) is 16.1 Å². The van der Waals surface area contributed by atoms with Crippen molar-refractivity contribution in [3.05, 3.63) is 71.6 Å². The van der Waals surface area contributed by atoms with Gasteiger partial charge in [-0.25, -0.2) is 4.39 Å². The first kappa shape index (κ1) is 22.6. The molecule has 1 aliphatic heterocycles. The van der Waals surface area contributed by atoms with E-state index < -0.39 is 11.2 Å². The van der Waals surface area contributed by atoms with E-state index in [0.29, 0.717) is 13.1 Å². The van der Waals surface area contributed by atoms with Crippen molar-refractivity contribution in [2.75, 3.05) is 11.4 Å². The Bertz CT molecular complexity index is 1010. The highest BCUT2D eigenvalue weighted by atomic mass is 32.2. The highest BCUT2D eigenvalue weighted by Crippen LogP contribution is 2.42.